The summed E-state index contributed by atoms with van der Waals surface area (Å²) < 4.78 is 0. The van der Waals surface area contributed by atoms with Crippen molar-refractivity contribution >= 4 is 17.4 Å². The van der Waals surface area contributed by atoms with Crippen molar-refractivity contribution in [3.8, 4) is 17.2 Å². The van der Waals surface area contributed by atoms with Gasteiger partial charge in [-0.25, -0.2) is 4.98 Å². The maximum Gasteiger partial charge on any atom is 0.149 e. The van der Waals surface area contributed by atoms with Gasteiger partial charge in [-0.05, 0) is 11.6 Å². The summed E-state index contributed by atoms with van der Waals surface area (Å²) in [5.74, 6) is 0.734. The van der Waals surface area contributed by atoms with Crippen LogP contribution in [-0.4, -0.2) is 19.1 Å². The van der Waals surface area contributed by atoms with Crippen LogP contribution in [0.3, 0.4) is 0 Å². The first-order chi connectivity index (χ1) is 8.63. The Hall–Kier alpha value is -2.05. The predicted molar refractivity (Wildman–Crippen MR) is 73.7 cm³/mol. The van der Waals surface area contributed by atoms with E-state index < -0.39 is 0 Å². The summed E-state index contributed by atoms with van der Waals surface area (Å²) >= 11 is 6.07. The summed E-state index contributed by atoms with van der Waals surface area (Å²) in [6.07, 6.45) is 0. The zero-order chi connectivity index (χ0) is 13.1. The van der Waals surface area contributed by atoms with E-state index in [-0.39, 0.29) is 5.15 Å². The maximum absolute atomic E-state index is 9.20. The van der Waals surface area contributed by atoms with E-state index in [4.69, 9.17) is 11.6 Å². The first kappa shape index (κ1) is 12.4. The Labute approximate surface area is 111 Å². The molecule has 0 atom stereocenters. The van der Waals surface area contributed by atoms with E-state index >= 15 is 0 Å². The summed E-state index contributed by atoms with van der Waals surface area (Å²) in [7, 11) is 3.78. The van der Waals surface area contributed by atoms with Gasteiger partial charge in [-0.3, -0.25) is 0 Å². The third-order valence-corrected chi connectivity index (χ3v) is 2.89. The number of nitriles is 1. The number of anilines is 1. The SMILES string of the molecule is CN(C)c1cc(-c2ccccc2)c(C#N)c(Cl)n1. The van der Waals surface area contributed by atoms with E-state index in [1.54, 1.807) is 0 Å². The van der Waals surface area contributed by atoms with Crippen LogP contribution in [-0.2, 0) is 0 Å². The monoisotopic (exact) mass is 257 g/mol. The molecule has 1 aromatic carbocycles. The fourth-order valence-electron chi connectivity index (χ4n) is 1.68. The highest BCUT2D eigenvalue weighted by Crippen LogP contribution is 2.30. The van der Waals surface area contributed by atoms with Gasteiger partial charge in [-0.15, -0.1) is 0 Å². The standard InChI is InChI=1S/C14H12ClN3/c1-18(2)13-8-11(10-6-4-3-5-7-10)12(9-16)14(15)17-13/h3-8H,1-2H3. The molecule has 0 aliphatic rings. The predicted octanol–water partition coefficient (Wildman–Crippen LogP) is 3.34. The second-order valence-electron chi connectivity index (χ2n) is 4.07. The molecule has 0 bridgehead atoms. The van der Waals surface area contributed by atoms with Crippen molar-refractivity contribution in [2.24, 2.45) is 0 Å². The zero-order valence-corrected chi connectivity index (χ0v) is 10.9. The Morgan fingerprint density at radius 3 is 2.44 bits per heavy atom. The second kappa shape index (κ2) is 5.07. The first-order valence-electron chi connectivity index (χ1n) is 5.47. The molecule has 90 valence electrons. The fraction of sp³-hybridized carbons (Fsp3) is 0.143. The van der Waals surface area contributed by atoms with Gasteiger partial charge in [-0.1, -0.05) is 41.9 Å². The highest BCUT2D eigenvalue weighted by molar-refractivity contribution is 6.31. The molecule has 0 unspecified atom stereocenters. The highest BCUT2D eigenvalue weighted by Gasteiger charge is 2.13. The number of hydrogen-bond acceptors (Lipinski definition) is 3. The van der Waals surface area contributed by atoms with Crippen LogP contribution in [0.25, 0.3) is 11.1 Å². The highest BCUT2D eigenvalue weighted by atomic mass is 35.5. The van der Waals surface area contributed by atoms with Crippen molar-refractivity contribution < 1.29 is 0 Å². The van der Waals surface area contributed by atoms with Crippen molar-refractivity contribution in [2.75, 3.05) is 19.0 Å². The van der Waals surface area contributed by atoms with Crippen molar-refractivity contribution in [2.45, 2.75) is 0 Å². The lowest BCUT2D eigenvalue weighted by Crippen LogP contribution is -2.11. The lowest BCUT2D eigenvalue weighted by atomic mass is 10.0. The molecule has 0 N–H and O–H groups in total. The molecular formula is C14H12ClN3. The number of rotatable bonds is 2. The Bertz CT molecular complexity index is 600. The quantitative estimate of drug-likeness (QED) is 0.775. The van der Waals surface area contributed by atoms with Gasteiger partial charge < -0.3 is 4.90 Å². The van der Waals surface area contributed by atoms with Crippen LogP contribution in [0.15, 0.2) is 36.4 Å². The molecule has 2 rings (SSSR count). The Morgan fingerprint density at radius 2 is 1.89 bits per heavy atom. The molecular weight excluding hydrogens is 246 g/mol. The molecule has 0 aliphatic heterocycles. The minimum Gasteiger partial charge on any atom is -0.363 e. The Morgan fingerprint density at radius 1 is 1.22 bits per heavy atom. The molecule has 0 fully saturated rings. The van der Waals surface area contributed by atoms with Crippen molar-refractivity contribution in [1.82, 2.24) is 4.98 Å². The zero-order valence-electron chi connectivity index (χ0n) is 10.2. The number of halogens is 1. The first-order valence-corrected chi connectivity index (χ1v) is 5.84. The van der Waals surface area contributed by atoms with Gasteiger partial charge in [0.1, 0.15) is 17.0 Å². The van der Waals surface area contributed by atoms with Crippen LogP contribution in [0, 0.1) is 11.3 Å². The van der Waals surface area contributed by atoms with E-state index in [0.717, 1.165) is 16.9 Å². The molecule has 0 saturated carbocycles. The van der Waals surface area contributed by atoms with Gasteiger partial charge in [0.15, 0.2) is 0 Å². The molecule has 18 heavy (non-hydrogen) atoms. The number of hydrogen-bond donors (Lipinski definition) is 0. The van der Waals surface area contributed by atoms with Crippen molar-refractivity contribution in [3.05, 3.63) is 47.1 Å². The number of nitrogens with zero attached hydrogens (tertiary/aromatic N) is 3. The Balaban J connectivity index is 2.69. The van der Waals surface area contributed by atoms with Gasteiger partial charge in [0, 0.05) is 19.7 Å². The van der Waals surface area contributed by atoms with Gasteiger partial charge >= 0.3 is 0 Å². The molecule has 4 heteroatoms. The third-order valence-electron chi connectivity index (χ3n) is 2.62. The summed E-state index contributed by atoms with van der Waals surface area (Å²) in [5.41, 5.74) is 2.18. The molecule has 0 radical (unpaired) electrons. The van der Waals surface area contributed by atoms with Crippen LogP contribution in [0.1, 0.15) is 5.56 Å². The van der Waals surface area contributed by atoms with Crippen LogP contribution in [0.2, 0.25) is 5.15 Å². The van der Waals surface area contributed by atoms with Gasteiger partial charge in [-0.2, -0.15) is 5.26 Å². The third kappa shape index (κ3) is 2.29. The lowest BCUT2D eigenvalue weighted by molar-refractivity contribution is 1.07. The largest absolute Gasteiger partial charge is 0.363 e. The van der Waals surface area contributed by atoms with Crippen LogP contribution in [0.5, 0.6) is 0 Å². The van der Waals surface area contributed by atoms with Gasteiger partial charge in [0.25, 0.3) is 0 Å². The average molecular weight is 258 g/mol. The minimum atomic E-state index is 0.238. The van der Waals surface area contributed by atoms with Crippen LogP contribution in [0.4, 0.5) is 5.82 Å². The summed E-state index contributed by atoms with van der Waals surface area (Å²) in [5, 5.41) is 9.44. The number of aromatic nitrogens is 1. The molecule has 0 amide bonds. The smallest absolute Gasteiger partial charge is 0.149 e. The van der Waals surface area contributed by atoms with E-state index in [1.807, 2.05) is 55.4 Å². The maximum atomic E-state index is 9.20. The van der Waals surface area contributed by atoms with Gasteiger partial charge in [0.2, 0.25) is 0 Å². The summed E-state index contributed by atoms with van der Waals surface area (Å²) in [4.78, 5) is 6.06. The lowest BCUT2D eigenvalue weighted by Gasteiger charge is -2.14. The van der Waals surface area contributed by atoms with Crippen LogP contribution < -0.4 is 4.90 Å². The van der Waals surface area contributed by atoms with E-state index in [0.29, 0.717) is 5.56 Å². The number of pyridine rings is 1. The van der Waals surface area contributed by atoms with E-state index in [2.05, 4.69) is 11.1 Å². The minimum absolute atomic E-state index is 0.238. The molecule has 0 spiro atoms. The van der Waals surface area contributed by atoms with E-state index in [9.17, 15) is 5.26 Å². The number of benzene rings is 1. The van der Waals surface area contributed by atoms with Crippen molar-refractivity contribution in [1.29, 1.82) is 5.26 Å². The van der Waals surface area contributed by atoms with Crippen LogP contribution >= 0.6 is 11.6 Å². The normalized spacial score (nSPS) is 9.89. The molecule has 0 saturated heterocycles. The topological polar surface area (TPSA) is 39.9 Å². The average Bonchev–Trinajstić information content (AvgIpc) is 2.38. The summed E-state index contributed by atoms with van der Waals surface area (Å²) in [6.45, 7) is 0. The van der Waals surface area contributed by atoms with Gasteiger partial charge in [0.05, 0.1) is 5.56 Å². The Kier molecular flexibility index (Phi) is 3.50. The summed E-state index contributed by atoms with van der Waals surface area (Å²) in [6, 6.07) is 13.7. The van der Waals surface area contributed by atoms with Crippen molar-refractivity contribution in [3.63, 3.8) is 0 Å². The molecule has 1 aromatic heterocycles. The fourth-order valence-corrected chi connectivity index (χ4v) is 1.91. The molecule has 3 nitrogen and oxygen atoms in total. The van der Waals surface area contributed by atoms with E-state index in [1.165, 1.54) is 0 Å². The molecule has 0 aliphatic carbocycles. The molecule has 2 aromatic rings. The second-order valence-corrected chi connectivity index (χ2v) is 4.42. The molecule has 1 heterocycles.